The lowest BCUT2D eigenvalue weighted by atomic mass is 9.99. The molecule has 1 N–H and O–H groups in total. The Balaban J connectivity index is 2.90. The average molecular weight is 278 g/mol. The molecular weight excluding hydrogens is 256 g/mol. The second-order valence-corrected chi connectivity index (χ2v) is 4.56. The van der Waals surface area contributed by atoms with Crippen molar-refractivity contribution in [2.45, 2.75) is 32.1 Å². The summed E-state index contributed by atoms with van der Waals surface area (Å²) in [5.74, 6) is -0.00326. The highest BCUT2D eigenvalue weighted by atomic mass is 16.5. The molecule has 0 aromatic heterocycles. The van der Waals surface area contributed by atoms with Gasteiger partial charge >= 0.3 is 5.97 Å². The van der Waals surface area contributed by atoms with Crippen LogP contribution in [-0.2, 0) is 6.42 Å². The van der Waals surface area contributed by atoms with Gasteiger partial charge in [-0.25, -0.2) is 4.79 Å². The number of carbonyl (C=O) groups is 1. The van der Waals surface area contributed by atoms with Gasteiger partial charge in [0.2, 0.25) is 0 Å². The van der Waals surface area contributed by atoms with Crippen LogP contribution in [0.1, 0.15) is 41.6 Å². The van der Waals surface area contributed by atoms with E-state index in [9.17, 15) is 9.90 Å². The van der Waals surface area contributed by atoms with Gasteiger partial charge in [-0.1, -0.05) is 12.5 Å². The summed E-state index contributed by atoms with van der Waals surface area (Å²) in [4.78, 5) is 11.4. The van der Waals surface area contributed by atoms with Crippen LogP contribution in [0.4, 0.5) is 0 Å². The monoisotopic (exact) mass is 278 g/mol. The summed E-state index contributed by atoms with van der Waals surface area (Å²) in [5, 5.41) is 9.35. The molecule has 0 radical (unpaired) electrons. The quantitative estimate of drug-likeness (QED) is 0.553. The van der Waals surface area contributed by atoms with Crippen LogP contribution in [-0.4, -0.2) is 25.3 Å². The van der Waals surface area contributed by atoms with Crippen molar-refractivity contribution in [2.24, 2.45) is 0 Å². The fourth-order valence-corrected chi connectivity index (χ4v) is 2.14. The summed E-state index contributed by atoms with van der Waals surface area (Å²) < 4.78 is 10.4. The first-order chi connectivity index (χ1) is 9.63. The topological polar surface area (TPSA) is 55.8 Å². The second-order valence-electron chi connectivity index (χ2n) is 4.56. The molecule has 1 aromatic rings. The van der Waals surface area contributed by atoms with Crippen LogP contribution in [0, 0.1) is 0 Å². The van der Waals surface area contributed by atoms with E-state index in [1.165, 1.54) is 7.11 Å². The maximum Gasteiger partial charge on any atom is 0.339 e. The van der Waals surface area contributed by atoms with Gasteiger partial charge in [0, 0.05) is 6.07 Å². The van der Waals surface area contributed by atoms with Gasteiger partial charge in [0.1, 0.15) is 17.1 Å². The maximum absolute atomic E-state index is 11.4. The smallest absolute Gasteiger partial charge is 0.339 e. The molecule has 0 spiro atoms. The Bertz CT molecular complexity index is 466. The normalized spacial score (nSPS) is 10.1. The fraction of sp³-hybridized carbons (Fsp3) is 0.438. The number of ether oxygens (including phenoxy) is 2. The zero-order chi connectivity index (χ0) is 15.0. The number of carboxylic acid groups (broad SMARTS) is 1. The number of benzene rings is 1. The van der Waals surface area contributed by atoms with E-state index in [1.54, 1.807) is 19.2 Å². The highest BCUT2D eigenvalue weighted by molar-refractivity contribution is 5.93. The van der Waals surface area contributed by atoms with Gasteiger partial charge in [-0.15, -0.1) is 6.58 Å². The Morgan fingerprint density at radius 1 is 1.25 bits per heavy atom. The molecule has 0 aliphatic heterocycles. The molecule has 1 aromatic carbocycles. The van der Waals surface area contributed by atoms with Gasteiger partial charge in [-0.3, -0.25) is 0 Å². The highest BCUT2D eigenvalue weighted by Crippen LogP contribution is 2.30. The number of carboxylic acids is 1. The number of aromatic carboxylic acids is 1. The standard InChI is InChI=1S/C16H22O4/c1-4-5-6-7-8-9-12-10-13(19-2)11-14(20-3)15(12)16(17)18/h4,10-11H,1,5-9H2,2-3H3,(H,17,18). The van der Waals surface area contributed by atoms with E-state index in [1.807, 2.05) is 6.08 Å². The predicted molar refractivity (Wildman–Crippen MR) is 78.9 cm³/mol. The van der Waals surface area contributed by atoms with Crippen molar-refractivity contribution in [3.63, 3.8) is 0 Å². The SMILES string of the molecule is C=CCCCCCc1cc(OC)cc(OC)c1C(=O)O. The van der Waals surface area contributed by atoms with E-state index in [2.05, 4.69) is 6.58 Å². The number of hydrogen-bond donors (Lipinski definition) is 1. The van der Waals surface area contributed by atoms with E-state index < -0.39 is 5.97 Å². The Morgan fingerprint density at radius 2 is 2.00 bits per heavy atom. The van der Waals surface area contributed by atoms with E-state index >= 15 is 0 Å². The summed E-state index contributed by atoms with van der Waals surface area (Å²) in [6.07, 6.45) is 6.65. The lowest BCUT2D eigenvalue weighted by Crippen LogP contribution is -2.06. The summed E-state index contributed by atoms with van der Waals surface area (Å²) in [6, 6.07) is 3.38. The molecule has 1 rings (SSSR count). The summed E-state index contributed by atoms with van der Waals surface area (Å²) in [6.45, 7) is 3.69. The second kappa shape index (κ2) is 8.25. The average Bonchev–Trinajstić information content (AvgIpc) is 2.45. The Morgan fingerprint density at radius 3 is 2.55 bits per heavy atom. The minimum Gasteiger partial charge on any atom is -0.497 e. The molecule has 0 saturated heterocycles. The van der Waals surface area contributed by atoms with Gasteiger partial charge in [0.25, 0.3) is 0 Å². The van der Waals surface area contributed by atoms with Gasteiger partial charge in [-0.2, -0.15) is 0 Å². The van der Waals surface area contributed by atoms with Gasteiger partial charge in [0.05, 0.1) is 14.2 Å². The molecule has 0 fully saturated rings. The van der Waals surface area contributed by atoms with E-state index in [4.69, 9.17) is 9.47 Å². The van der Waals surface area contributed by atoms with E-state index in [0.29, 0.717) is 17.9 Å². The molecule has 0 amide bonds. The minimum atomic E-state index is -0.967. The molecule has 4 heteroatoms. The van der Waals surface area contributed by atoms with Crippen LogP contribution >= 0.6 is 0 Å². The molecule has 0 aliphatic rings. The Hall–Kier alpha value is -1.97. The number of hydrogen-bond acceptors (Lipinski definition) is 3. The first kappa shape index (κ1) is 16.1. The van der Waals surface area contributed by atoms with Crippen molar-refractivity contribution >= 4 is 5.97 Å². The molecule has 0 heterocycles. The molecular formula is C16H22O4. The fourth-order valence-electron chi connectivity index (χ4n) is 2.14. The zero-order valence-electron chi connectivity index (χ0n) is 12.1. The third kappa shape index (κ3) is 4.30. The lowest BCUT2D eigenvalue weighted by Gasteiger charge is -2.13. The molecule has 0 bridgehead atoms. The van der Waals surface area contributed by atoms with Gasteiger partial charge in [0.15, 0.2) is 0 Å². The highest BCUT2D eigenvalue weighted by Gasteiger charge is 2.18. The number of aryl methyl sites for hydroxylation is 1. The summed E-state index contributed by atoms with van der Waals surface area (Å²) >= 11 is 0. The molecule has 0 saturated carbocycles. The Labute approximate surface area is 120 Å². The first-order valence-corrected chi connectivity index (χ1v) is 6.73. The van der Waals surface area contributed by atoms with Crippen LogP contribution in [0.15, 0.2) is 24.8 Å². The van der Waals surface area contributed by atoms with Crippen LogP contribution in [0.2, 0.25) is 0 Å². The molecule has 4 nitrogen and oxygen atoms in total. The summed E-state index contributed by atoms with van der Waals surface area (Å²) in [7, 11) is 3.03. The van der Waals surface area contributed by atoms with Crippen molar-refractivity contribution in [2.75, 3.05) is 14.2 Å². The van der Waals surface area contributed by atoms with Crippen molar-refractivity contribution in [1.82, 2.24) is 0 Å². The van der Waals surface area contributed by atoms with E-state index in [0.717, 1.165) is 31.2 Å². The molecule has 110 valence electrons. The van der Waals surface area contributed by atoms with Crippen molar-refractivity contribution in [3.05, 3.63) is 35.9 Å². The van der Waals surface area contributed by atoms with Crippen molar-refractivity contribution in [3.8, 4) is 11.5 Å². The largest absolute Gasteiger partial charge is 0.497 e. The van der Waals surface area contributed by atoms with Crippen LogP contribution in [0.25, 0.3) is 0 Å². The number of unbranched alkanes of at least 4 members (excludes halogenated alkanes) is 3. The molecule has 0 atom stereocenters. The molecule has 0 unspecified atom stereocenters. The maximum atomic E-state index is 11.4. The minimum absolute atomic E-state index is 0.233. The Kier molecular flexibility index (Phi) is 6.64. The molecule has 0 aliphatic carbocycles. The van der Waals surface area contributed by atoms with Crippen LogP contribution in [0.5, 0.6) is 11.5 Å². The van der Waals surface area contributed by atoms with E-state index in [-0.39, 0.29) is 5.56 Å². The zero-order valence-corrected chi connectivity index (χ0v) is 12.1. The third-order valence-electron chi connectivity index (χ3n) is 3.18. The third-order valence-corrected chi connectivity index (χ3v) is 3.18. The van der Waals surface area contributed by atoms with Crippen molar-refractivity contribution < 1.29 is 19.4 Å². The van der Waals surface area contributed by atoms with Crippen molar-refractivity contribution in [1.29, 1.82) is 0 Å². The summed E-state index contributed by atoms with van der Waals surface area (Å²) in [5.41, 5.74) is 0.990. The van der Waals surface area contributed by atoms with Gasteiger partial charge in [-0.05, 0) is 37.3 Å². The predicted octanol–water partition coefficient (Wildman–Crippen LogP) is 3.69. The van der Waals surface area contributed by atoms with Crippen LogP contribution in [0.3, 0.4) is 0 Å². The van der Waals surface area contributed by atoms with Crippen LogP contribution < -0.4 is 9.47 Å². The van der Waals surface area contributed by atoms with Gasteiger partial charge < -0.3 is 14.6 Å². The first-order valence-electron chi connectivity index (χ1n) is 6.73. The molecule has 20 heavy (non-hydrogen) atoms. The number of rotatable bonds is 9. The number of methoxy groups -OCH3 is 2. The lowest BCUT2D eigenvalue weighted by molar-refractivity contribution is 0.0692. The number of allylic oxidation sites excluding steroid dienone is 1.